The Labute approximate surface area is 74.8 Å². The first kappa shape index (κ1) is 10.8. The monoisotopic (exact) mass is 170 g/mol. The second kappa shape index (κ2) is 6.53. The van der Waals surface area contributed by atoms with Crippen LogP contribution in [0.25, 0.3) is 0 Å². The predicted molar refractivity (Wildman–Crippen MR) is 56.2 cm³/mol. The number of hydrogen-bond acceptors (Lipinski definition) is 1. The van der Waals surface area contributed by atoms with Gasteiger partial charge in [0.25, 0.3) is 0 Å². The highest BCUT2D eigenvalue weighted by atomic mass is 32.2. The van der Waals surface area contributed by atoms with Crippen LogP contribution in [0.2, 0.25) is 0 Å². The van der Waals surface area contributed by atoms with E-state index in [1.807, 2.05) is 11.8 Å². The van der Waals surface area contributed by atoms with Crippen LogP contribution in [0.15, 0.2) is 23.3 Å². The van der Waals surface area contributed by atoms with Crippen molar-refractivity contribution in [3.63, 3.8) is 0 Å². The molecule has 0 unspecified atom stereocenters. The minimum atomic E-state index is 1.14. The van der Waals surface area contributed by atoms with Gasteiger partial charge in [0, 0.05) is 11.5 Å². The molecule has 0 nitrogen and oxygen atoms in total. The van der Waals surface area contributed by atoms with Gasteiger partial charge < -0.3 is 0 Å². The van der Waals surface area contributed by atoms with Gasteiger partial charge in [-0.15, -0.1) is 0 Å². The third kappa shape index (κ3) is 9.83. The third-order valence-corrected chi connectivity index (χ3v) is 2.02. The molecule has 0 rings (SSSR count). The maximum absolute atomic E-state index is 2.27. The predicted octanol–water partition coefficient (Wildman–Crippen LogP) is 3.65. The molecule has 64 valence electrons. The number of hydrogen-bond donors (Lipinski definition) is 0. The summed E-state index contributed by atoms with van der Waals surface area (Å²) in [6, 6.07) is 0. The molecule has 1 heteroatoms. The van der Waals surface area contributed by atoms with Gasteiger partial charge in [-0.25, -0.2) is 0 Å². The zero-order valence-corrected chi connectivity index (χ0v) is 8.79. The van der Waals surface area contributed by atoms with E-state index in [0.717, 1.165) is 11.5 Å². The highest BCUT2D eigenvalue weighted by molar-refractivity contribution is 7.99. The molecular weight excluding hydrogens is 152 g/mol. The van der Waals surface area contributed by atoms with Gasteiger partial charge >= 0.3 is 0 Å². The van der Waals surface area contributed by atoms with Crippen molar-refractivity contribution in [1.82, 2.24) is 0 Å². The van der Waals surface area contributed by atoms with Crippen LogP contribution >= 0.6 is 11.8 Å². The molecule has 0 spiro atoms. The fourth-order valence-electron chi connectivity index (χ4n) is 0.519. The van der Waals surface area contributed by atoms with Gasteiger partial charge in [0.15, 0.2) is 0 Å². The van der Waals surface area contributed by atoms with Crippen LogP contribution in [0.3, 0.4) is 0 Å². The van der Waals surface area contributed by atoms with Crippen molar-refractivity contribution in [2.75, 3.05) is 11.5 Å². The lowest BCUT2D eigenvalue weighted by Crippen LogP contribution is -1.77. The topological polar surface area (TPSA) is 0 Å². The Bertz CT molecular complexity index is 128. The molecule has 0 saturated heterocycles. The summed E-state index contributed by atoms with van der Waals surface area (Å²) in [6.45, 7) is 8.56. The molecular formula is C10H18S. The van der Waals surface area contributed by atoms with E-state index < -0.39 is 0 Å². The van der Waals surface area contributed by atoms with E-state index in [1.54, 1.807) is 0 Å². The molecule has 0 aliphatic heterocycles. The number of thioether (sulfide) groups is 1. The first-order valence-corrected chi connectivity index (χ1v) is 5.13. The Kier molecular flexibility index (Phi) is 6.43. The molecule has 11 heavy (non-hydrogen) atoms. The Morgan fingerprint density at radius 2 is 1.27 bits per heavy atom. The van der Waals surface area contributed by atoms with Crippen molar-refractivity contribution in [1.29, 1.82) is 0 Å². The van der Waals surface area contributed by atoms with Gasteiger partial charge in [-0.3, -0.25) is 0 Å². The highest BCUT2D eigenvalue weighted by Gasteiger charge is 1.82. The standard InChI is InChI=1S/C10H18S/c1-9(2)5-7-11-8-6-10(3)4/h5-6H,7-8H2,1-4H3. The molecule has 0 aliphatic carbocycles. The summed E-state index contributed by atoms with van der Waals surface area (Å²) < 4.78 is 0. The smallest absolute Gasteiger partial charge is 0.0118 e. The summed E-state index contributed by atoms with van der Waals surface area (Å²) in [5, 5.41) is 0. The van der Waals surface area contributed by atoms with Crippen molar-refractivity contribution in [2.45, 2.75) is 27.7 Å². The van der Waals surface area contributed by atoms with Gasteiger partial charge in [0.1, 0.15) is 0 Å². The fourth-order valence-corrected chi connectivity index (χ4v) is 1.56. The van der Waals surface area contributed by atoms with Crippen LogP contribution in [0.4, 0.5) is 0 Å². The van der Waals surface area contributed by atoms with E-state index >= 15 is 0 Å². The second-order valence-corrected chi connectivity index (χ2v) is 4.18. The zero-order valence-electron chi connectivity index (χ0n) is 7.98. The minimum Gasteiger partial charge on any atom is -0.154 e. The largest absolute Gasteiger partial charge is 0.154 e. The van der Waals surface area contributed by atoms with Crippen molar-refractivity contribution < 1.29 is 0 Å². The van der Waals surface area contributed by atoms with E-state index in [0.29, 0.717) is 0 Å². The molecule has 0 radical (unpaired) electrons. The Morgan fingerprint density at radius 1 is 0.909 bits per heavy atom. The first-order valence-electron chi connectivity index (χ1n) is 3.97. The first-order chi connectivity index (χ1) is 5.13. The van der Waals surface area contributed by atoms with Crippen molar-refractivity contribution in [2.24, 2.45) is 0 Å². The highest BCUT2D eigenvalue weighted by Crippen LogP contribution is 2.04. The third-order valence-electron chi connectivity index (χ3n) is 1.22. The van der Waals surface area contributed by atoms with Crippen molar-refractivity contribution in [3.05, 3.63) is 23.3 Å². The van der Waals surface area contributed by atoms with Gasteiger partial charge in [-0.05, 0) is 27.7 Å². The molecule has 0 N–H and O–H groups in total. The number of allylic oxidation sites excluding steroid dienone is 2. The van der Waals surface area contributed by atoms with E-state index in [2.05, 4.69) is 39.8 Å². The van der Waals surface area contributed by atoms with E-state index in [9.17, 15) is 0 Å². The van der Waals surface area contributed by atoms with Crippen LogP contribution in [0.1, 0.15) is 27.7 Å². The summed E-state index contributed by atoms with van der Waals surface area (Å²) in [5.41, 5.74) is 2.82. The van der Waals surface area contributed by atoms with E-state index in [1.165, 1.54) is 11.1 Å². The average molecular weight is 170 g/mol. The molecule has 0 aliphatic rings. The maximum atomic E-state index is 2.27. The summed E-state index contributed by atoms with van der Waals surface area (Å²) in [6.07, 6.45) is 4.53. The Hall–Kier alpha value is -0.170. The molecule has 0 aromatic heterocycles. The zero-order chi connectivity index (χ0) is 8.69. The fraction of sp³-hybridized carbons (Fsp3) is 0.600. The molecule has 0 fully saturated rings. The van der Waals surface area contributed by atoms with Crippen molar-refractivity contribution >= 4 is 11.8 Å². The summed E-state index contributed by atoms with van der Waals surface area (Å²) in [5.74, 6) is 2.29. The molecule has 0 heterocycles. The van der Waals surface area contributed by atoms with E-state index in [4.69, 9.17) is 0 Å². The molecule has 0 amide bonds. The van der Waals surface area contributed by atoms with Gasteiger partial charge in [0.2, 0.25) is 0 Å². The van der Waals surface area contributed by atoms with Crippen molar-refractivity contribution in [3.8, 4) is 0 Å². The second-order valence-electron chi connectivity index (χ2n) is 3.10. The molecule has 0 bridgehead atoms. The van der Waals surface area contributed by atoms with Crippen LogP contribution < -0.4 is 0 Å². The quantitative estimate of drug-likeness (QED) is 0.458. The lowest BCUT2D eigenvalue weighted by molar-refractivity contribution is 1.36. The Morgan fingerprint density at radius 3 is 1.55 bits per heavy atom. The summed E-state index contributed by atoms with van der Waals surface area (Å²) in [4.78, 5) is 0. The minimum absolute atomic E-state index is 1.14. The number of rotatable bonds is 4. The average Bonchev–Trinajstić information content (AvgIpc) is 1.85. The maximum Gasteiger partial charge on any atom is 0.0118 e. The van der Waals surface area contributed by atoms with Gasteiger partial charge in [0.05, 0.1) is 0 Å². The lowest BCUT2D eigenvalue weighted by atomic mass is 10.3. The molecule has 0 aromatic carbocycles. The molecule has 0 saturated carbocycles. The summed E-state index contributed by atoms with van der Waals surface area (Å²) >= 11 is 1.96. The Balaban J connectivity index is 3.29. The van der Waals surface area contributed by atoms with Gasteiger partial charge in [-0.1, -0.05) is 23.3 Å². The SMILES string of the molecule is CC(C)=CCSCC=C(C)C. The summed E-state index contributed by atoms with van der Waals surface area (Å²) in [7, 11) is 0. The lowest BCUT2D eigenvalue weighted by Gasteiger charge is -1.93. The molecule has 0 aromatic rings. The van der Waals surface area contributed by atoms with E-state index in [-0.39, 0.29) is 0 Å². The van der Waals surface area contributed by atoms with Crippen LogP contribution in [0.5, 0.6) is 0 Å². The normalized spacial score (nSPS) is 9.09. The molecule has 0 atom stereocenters. The van der Waals surface area contributed by atoms with Crippen LogP contribution in [0, 0.1) is 0 Å². The van der Waals surface area contributed by atoms with Gasteiger partial charge in [-0.2, -0.15) is 11.8 Å². The van der Waals surface area contributed by atoms with Crippen LogP contribution in [-0.4, -0.2) is 11.5 Å². The van der Waals surface area contributed by atoms with Crippen LogP contribution in [-0.2, 0) is 0 Å².